The molecule has 0 bridgehead atoms. The summed E-state index contributed by atoms with van der Waals surface area (Å²) in [6, 6.07) is 6.20. The maximum absolute atomic E-state index is 12.5. The molecule has 0 radical (unpaired) electrons. The summed E-state index contributed by atoms with van der Waals surface area (Å²) in [6.07, 6.45) is 2.51. The summed E-state index contributed by atoms with van der Waals surface area (Å²) in [5.41, 5.74) is 0.481. The van der Waals surface area contributed by atoms with Gasteiger partial charge in [0.1, 0.15) is 11.6 Å². The predicted octanol–water partition coefficient (Wildman–Crippen LogP) is 2.49. The molecule has 9 nitrogen and oxygen atoms in total. The number of likely N-dealkylation sites (tertiary alicyclic amines) is 1. The van der Waals surface area contributed by atoms with E-state index in [0.717, 1.165) is 12.8 Å². The number of benzene rings is 1. The van der Waals surface area contributed by atoms with Crippen molar-refractivity contribution in [3.63, 3.8) is 0 Å². The molecule has 3 rings (SSSR count). The molecular formula is C22H30N4O5. The highest BCUT2D eigenvalue weighted by Gasteiger charge is 2.36. The summed E-state index contributed by atoms with van der Waals surface area (Å²) < 4.78 is 5.36. The molecule has 168 valence electrons. The molecule has 0 spiro atoms. The smallest absolute Gasteiger partial charge is 0.410 e. The number of carbonyl (C=O) groups excluding carboxylic acids is 4. The Bertz CT molecular complexity index is 860. The van der Waals surface area contributed by atoms with E-state index in [4.69, 9.17) is 4.74 Å². The van der Waals surface area contributed by atoms with Crippen LogP contribution in [0.5, 0.6) is 0 Å². The molecule has 1 aliphatic carbocycles. The van der Waals surface area contributed by atoms with Gasteiger partial charge in [0.25, 0.3) is 0 Å². The van der Waals surface area contributed by atoms with E-state index in [1.807, 2.05) is 0 Å². The Balaban J connectivity index is 1.48. The highest BCUT2D eigenvalue weighted by molar-refractivity contribution is 5.97. The molecule has 9 heteroatoms. The molecule has 1 saturated heterocycles. The molecule has 1 saturated carbocycles. The van der Waals surface area contributed by atoms with E-state index < -0.39 is 23.6 Å². The zero-order valence-electron chi connectivity index (χ0n) is 18.2. The highest BCUT2D eigenvalue weighted by atomic mass is 16.6. The minimum absolute atomic E-state index is 0.0122. The van der Waals surface area contributed by atoms with Gasteiger partial charge in [0.15, 0.2) is 0 Å². The second-order valence-corrected chi connectivity index (χ2v) is 8.94. The molecule has 1 aliphatic heterocycles. The van der Waals surface area contributed by atoms with Crippen LogP contribution in [0.1, 0.15) is 46.5 Å². The Morgan fingerprint density at radius 2 is 1.71 bits per heavy atom. The second kappa shape index (κ2) is 9.36. The van der Waals surface area contributed by atoms with Gasteiger partial charge in [-0.25, -0.2) is 4.79 Å². The fourth-order valence-corrected chi connectivity index (χ4v) is 3.33. The van der Waals surface area contributed by atoms with Crippen molar-refractivity contribution in [2.24, 2.45) is 5.92 Å². The van der Waals surface area contributed by atoms with E-state index in [0.29, 0.717) is 30.8 Å². The highest BCUT2D eigenvalue weighted by Crippen LogP contribution is 2.30. The Kier molecular flexibility index (Phi) is 6.82. The summed E-state index contributed by atoms with van der Waals surface area (Å²) in [5, 5.41) is 8.12. The van der Waals surface area contributed by atoms with Gasteiger partial charge in [-0.2, -0.15) is 0 Å². The summed E-state index contributed by atoms with van der Waals surface area (Å²) in [6.45, 7) is 5.53. The maximum atomic E-state index is 12.5. The number of anilines is 2. The van der Waals surface area contributed by atoms with Gasteiger partial charge in [-0.3, -0.25) is 19.3 Å². The lowest BCUT2D eigenvalue weighted by Gasteiger charge is -2.28. The third-order valence-corrected chi connectivity index (χ3v) is 4.97. The van der Waals surface area contributed by atoms with Crippen LogP contribution in [-0.2, 0) is 19.1 Å². The average molecular weight is 431 g/mol. The molecule has 0 unspecified atom stereocenters. The van der Waals surface area contributed by atoms with Gasteiger partial charge in [0.05, 0.1) is 6.54 Å². The fourth-order valence-electron chi connectivity index (χ4n) is 3.33. The zero-order valence-corrected chi connectivity index (χ0v) is 18.2. The van der Waals surface area contributed by atoms with Gasteiger partial charge in [-0.15, -0.1) is 0 Å². The van der Waals surface area contributed by atoms with Crippen molar-refractivity contribution in [3.8, 4) is 0 Å². The van der Waals surface area contributed by atoms with Gasteiger partial charge in [0, 0.05) is 23.8 Å². The summed E-state index contributed by atoms with van der Waals surface area (Å²) in [5.74, 6) is -0.712. The molecule has 0 aromatic heterocycles. The number of carbonyl (C=O) groups is 4. The van der Waals surface area contributed by atoms with Gasteiger partial charge < -0.3 is 20.7 Å². The van der Waals surface area contributed by atoms with Crippen molar-refractivity contribution < 1.29 is 23.9 Å². The van der Waals surface area contributed by atoms with Gasteiger partial charge in [-0.1, -0.05) is 6.07 Å². The lowest BCUT2D eigenvalue weighted by Crippen LogP contribution is -2.48. The van der Waals surface area contributed by atoms with E-state index in [1.54, 1.807) is 45.0 Å². The van der Waals surface area contributed by atoms with E-state index in [9.17, 15) is 19.2 Å². The molecular weight excluding hydrogens is 400 g/mol. The van der Waals surface area contributed by atoms with Crippen molar-refractivity contribution in [1.29, 1.82) is 0 Å². The Morgan fingerprint density at radius 3 is 2.35 bits per heavy atom. The number of amides is 4. The SMILES string of the molecule is CC(C)(C)OC(=O)N1CCC[C@H]1C(=O)NCC(=O)Nc1cccc(NC(=O)C2CC2)c1. The lowest BCUT2D eigenvalue weighted by molar-refractivity contribution is -0.127. The van der Waals surface area contributed by atoms with Gasteiger partial charge in [0.2, 0.25) is 17.7 Å². The average Bonchev–Trinajstić information content (AvgIpc) is 3.41. The standard InChI is InChI=1S/C22H30N4O5/c1-22(2,3)31-21(30)26-11-5-8-17(26)20(29)23-13-18(27)24-15-6-4-7-16(12-15)25-19(28)14-9-10-14/h4,6-7,12,14,17H,5,8-11,13H2,1-3H3,(H,23,29)(H,24,27)(H,25,28)/t17-/m0/s1. The van der Waals surface area contributed by atoms with Crippen LogP contribution in [0.2, 0.25) is 0 Å². The van der Waals surface area contributed by atoms with Crippen LogP contribution >= 0.6 is 0 Å². The van der Waals surface area contributed by atoms with Gasteiger partial charge in [-0.05, 0) is 64.7 Å². The quantitative estimate of drug-likeness (QED) is 0.641. The van der Waals surface area contributed by atoms with Crippen LogP contribution in [0.15, 0.2) is 24.3 Å². The normalized spacial score (nSPS) is 18.3. The van der Waals surface area contributed by atoms with Crippen LogP contribution in [0.3, 0.4) is 0 Å². The predicted molar refractivity (Wildman–Crippen MR) is 115 cm³/mol. The van der Waals surface area contributed by atoms with Crippen molar-refractivity contribution in [2.75, 3.05) is 23.7 Å². The van der Waals surface area contributed by atoms with E-state index >= 15 is 0 Å². The Morgan fingerprint density at radius 1 is 1.03 bits per heavy atom. The number of hydrogen-bond acceptors (Lipinski definition) is 5. The fraction of sp³-hybridized carbons (Fsp3) is 0.545. The van der Waals surface area contributed by atoms with Crippen LogP contribution in [-0.4, -0.2) is 53.4 Å². The van der Waals surface area contributed by atoms with Gasteiger partial charge >= 0.3 is 6.09 Å². The molecule has 1 aromatic carbocycles. The maximum Gasteiger partial charge on any atom is 0.410 e. The molecule has 2 aliphatic rings. The monoisotopic (exact) mass is 430 g/mol. The first-order valence-electron chi connectivity index (χ1n) is 10.6. The molecule has 1 heterocycles. The molecule has 1 aromatic rings. The largest absolute Gasteiger partial charge is 0.444 e. The van der Waals surface area contributed by atoms with E-state index in [-0.39, 0.29) is 24.3 Å². The third-order valence-electron chi connectivity index (χ3n) is 4.97. The second-order valence-electron chi connectivity index (χ2n) is 8.94. The minimum Gasteiger partial charge on any atom is -0.444 e. The molecule has 3 N–H and O–H groups in total. The Labute approximate surface area is 181 Å². The summed E-state index contributed by atoms with van der Waals surface area (Å²) >= 11 is 0. The molecule has 2 fully saturated rings. The first-order chi connectivity index (χ1) is 14.6. The van der Waals surface area contributed by atoms with Crippen LogP contribution < -0.4 is 16.0 Å². The van der Waals surface area contributed by atoms with E-state index in [1.165, 1.54) is 4.90 Å². The van der Waals surface area contributed by atoms with Crippen LogP contribution in [0, 0.1) is 5.92 Å². The molecule has 1 atom stereocenters. The third kappa shape index (κ3) is 6.70. The van der Waals surface area contributed by atoms with Crippen molar-refractivity contribution in [1.82, 2.24) is 10.2 Å². The topological polar surface area (TPSA) is 117 Å². The summed E-state index contributed by atoms with van der Waals surface area (Å²) in [7, 11) is 0. The first-order valence-corrected chi connectivity index (χ1v) is 10.6. The number of ether oxygens (including phenoxy) is 1. The molecule has 4 amide bonds. The number of hydrogen-bond donors (Lipinski definition) is 3. The minimum atomic E-state index is -0.649. The zero-order chi connectivity index (χ0) is 22.6. The number of nitrogens with zero attached hydrogens (tertiary/aromatic N) is 1. The van der Waals surface area contributed by atoms with E-state index in [2.05, 4.69) is 16.0 Å². The number of rotatable bonds is 6. The van der Waals surface area contributed by atoms with Crippen LogP contribution in [0.25, 0.3) is 0 Å². The number of nitrogens with one attached hydrogen (secondary N) is 3. The van der Waals surface area contributed by atoms with Crippen molar-refractivity contribution in [3.05, 3.63) is 24.3 Å². The van der Waals surface area contributed by atoms with Crippen molar-refractivity contribution in [2.45, 2.75) is 58.1 Å². The summed E-state index contributed by atoms with van der Waals surface area (Å²) in [4.78, 5) is 50.4. The van der Waals surface area contributed by atoms with Crippen molar-refractivity contribution >= 4 is 35.2 Å². The lowest BCUT2D eigenvalue weighted by atomic mass is 10.2. The molecule has 31 heavy (non-hydrogen) atoms. The van der Waals surface area contributed by atoms with Crippen LogP contribution in [0.4, 0.5) is 16.2 Å². The first kappa shape index (κ1) is 22.6. The Hall–Kier alpha value is -3.10.